The normalized spacial score (nSPS) is 13.0. The Morgan fingerprint density at radius 3 is 2.50 bits per heavy atom. The van der Waals surface area contributed by atoms with Gasteiger partial charge in [0, 0.05) is 13.6 Å². The third-order valence-corrected chi connectivity index (χ3v) is 0.720. The molecule has 0 saturated heterocycles. The van der Waals surface area contributed by atoms with Crippen LogP contribution in [-0.4, -0.2) is 25.5 Å². The number of hydrazone groups is 1. The summed E-state index contributed by atoms with van der Waals surface area (Å²) in [5, 5.41) is 3.24. The number of nitrogens with two attached hydrogens (primary N) is 2. The second kappa shape index (κ2) is 4.26. The molecule has 0 aliphatic carbocycles. The fourth-order valence-electron chi connectivity index (χ4n) is 0.288. The van der Waals surface area contributed by atoms with E-state index in [9.17, 15) is 0 Å². The molecule has 0 aromatic rings. The van der Waals surface area contributed by atoms with Gasteiger partial charge in [-0.25, -0.2) is 0 Å². The summed E-state index contributed by atoms with van der Waals surface area (Å²) in [6.45, 7) is 0.386. The molecule has 0 bridgehead atoms. The molecule has 46 valence electrons. The third kappa shape index (κ3) is 2.30. The van der Waals surface area contributed by atoms with Crippen molar-refractivity contribution in [2.45, 2.75) is 0 Å². The van der Waals surface area contributed by atoms with Gasteiger partial charge in [0.2, 0.25) is 0 Å². The summed E-state index contributed by atoms with van der Waals surface area (Å²) >= 11 is 0. The van der Waals surface area contributed by atoms with Crippen molar-refractivity contribution in [2.24, 2.45) is 21.7 Å². The molecule has 0 aromatic heterocycles. The van der Waals surface area contributed by atoms with Crippen LogP contribution in [0.15, 0.2) is 10.1 Å². The monoisotopic (exact) mass is 114 g/mol. The van der Waals surface area contributed by atoms with E-state index < -0.39 is 0 Å². The van der Waals surface area contributed by atoms with Crippen LogP contribution in [0.2, 0.25) is 0 Å². The number of hydrogen-bond acceptors (Lipinski definition) is 4. The van der Waals surface area contributed by atoms with Crippen LogP contribution < -0.4 is 11.6 Å². The Hall–Kier alpha value is -0.900. The van der Waals surface area contributed by atoms with Crippen molar-refractivity contribution >= 4 is 11.9 Å². The largest absolute Gasteiger partial charge is 0.325 e. The van der Waals surface area contributed by atoms with E-state index in [1.54, 1.807) is 7.05 Å². The van der Waals surface area contributed by atoms with Crippen LogP contribution in [0.5, 0.6) is 0 Å². The molecule has 4 heteroatoms. The van der Waals surface area contributed by atoms with Gasteiger partial charge < -0.3 is 11.6 Å². The lowest BCUT2D eigenvalue weighted by Gasteiger charge is -1.87. The van der Waals surface area contributed by atoms with Crippen molar-refractivity contribution < 1.29 is 0 Å². The van der Waals surface area contributed by atoms with Crippen molar-refractivity contribution in [2.75, 3.05) is 13.6 Å². The van der Waals surface area contributed by atoms with E-state index in [0.29, 0.717) is 12.3 Å². The van der Waals surface area contributed by atoms with E-state index in [1.807, 2.05) is 0 Å². The highest BCUT2D eigenvalue weighted by Gasteiger charge is 1.83. The van der Waals surface area contributed by atoms with Crippen LogP contribution in [0, 0.1) is 0 Å². The molecule has 0 atom stereocenters. The maximum atomic E-state index is 5.19. The first-order valence-corrected chi connectivity index (χ1v) is 2.24. The fourth-order valence-corrected chi connectivity index (χ4v) is 0.288. The Bertz CT molecular complexity index is 102. The minimum Gasteiger partial charge on any atom is -0.325 e. The molecule has 0 amide bonds. The number of hydrogen-bond donors (Lipinski definition) is 2. The molecule has 0 radical (unpaired) electrons. The quantitative estimate of drug-likeness (QED) is 0.273. The molecule has 4 nitrogen and oxygen atoms in total. The Kier molecular flexibility index (Phi) is 3.78. The number of nitrogens with zero attached hydrogens (tertiary/aromatic N) is 2. The summed E-state index contributed by atoms with van der Waals surface area (Å²) in [6, 6.07) is 0. The second-order valence-corrected chi connectivity index (χ2v) is 1.20. The van der Waals surface area contributed by atoms with Crippen molar-refractivity contribution in [3.8, 4) is 0 Å². The Balaban J connectivity index is 3.72. The molecular weight excluding hydrogens is 104 g/mol. The van der Waals surface area contributed by atoms with Gasteiger partial charge in [-0.3, -0.25) is 4.99 Å². The SMILES string of the molecule is CN=C(C=NN)CN. The molecule has 0 unspecified atom stereocenters. The Labute approximate surface area is 48.3 Å². The zero-order valence-electron chi connectivity index (χ0n) is 4.83. The summed E-state index contributed by atoms with van der Waals surface area (Å²) in [5.74, 6) is 4.81. The minimum absolute atomic E-state index is 0.386. The van der Waals surface area contributed by atoms with Crippen LogP contribution in [-0.2, 0) is 0 Å². The molecule has 4 N–H and O–H groups in total. The predicted octanol–water partition coefficient (Wildman–Crippen LogP) is -1.04. The number of aliphatic imine (C=N–C) groups is 1. The van der Waals surface area contributed by atoms with Crippen molar-refractivity contribution in [1.82, 2.24) is 0 Å². The lowest BCUT2D eigenvalue weighted by molar-refractivity contribution is 1.25. The average molecular weight is 114 g/mol. The van der Waals surface area contributed by atoms with Gasteiger partial charge in [-0.15, -0.1) is 0 Å². The van der Waals surface area contributed by atoms with Crippen molar-refractivity contribution in [3.63, 3.8) is 0 Å². The van der Waals surface area contributed by atoms with Gasteiger partial charge in [0.15, 0.2) is 0 Å². The molecule has 0 aromatic carbocycles. The van der Waals surface area contributed by atoms with Gasteiger partial charge in [0.1, 0.15) is 0 Å². The lowest BCUT2D eigenvalue weighted by Crippen LogP contribution is -2.15. The summed E-state index contributed by atoms with van der Waals surface area (Å²) in [5.41, 5.74) is 5.89. The predicted molar refractivity (Wildman–Crippen MR) is 35.1 cm³/mol. The molecule has 0 fully saturated rings. The van der Waals surface area contributed by atoms with Gasteiger partial charge in [-0.05, 0) is 0 Å². The summed E-state index contributed by atoms with van der Waals surface area (Å²) in [7, 11) is 1.64. The molecule has 0 aliphatic heterocycles. The highest BCUT2D eigenvalue weighted by molar-refractivity contribution is 6.31. The zero-order chi connectivity index (χ0) is 6.41. The topological polar surface area (TPSA) is 76.8 Å². The highest BCUT2D eigenvalue weighted by Crippen LogP contribution is 1.64. The molecule has 0 rings (SSSR count). The zero-order valence-corrected chi connectivity index (χ0v) is 4.83. The Morgan fingerprint density at radius 1 is 1.75 bits per heavy atom. The summed E-state index contributed by atoms with van der Waals surface area (Å²) in [6.07, 6.45) is 1.43. The van der Waals surface area contributed by atoms with E-state index >= 15 is 0 Å². The molecule has 0 aliphatic rings. The molecule has 0 heterocycles. The standard InChI is InChI=1S/C4H10N4/c1-7-4(2-5)3-8-6/h3H,2,5-6H2,1H3. The number of rotatable bonds is 2. The molecular formula is C4H10N4. The van der Waals surface area contributed by atoms with Crippen LogP contribution in [0.4, 0.5) is 0 Å². The van der Waals surface area contributed by atoms with E-state index in [0.717, 1.165) is 0 Å². The molecule has 8 heavy (non-hydrogen) atoms. The van der Waals surface area contributed by atoms with E-state index in [1.165, 1.54) is 6.21 Å². The van der Waals surface area contributed by atoms with Crippen molar-refractivity contribution in [1.29, 1.82) is 0 Å². The van der Waals surface area contributed by atoms with Gasteiger partial charge in [0.05, 0.1) is 11.9 Å². The van der Waals surface area contributed by atoms with Crippen LogP contribution in [0.1, 0.15) is 0 Å². The second-order valence-electron chi connectivity index (χ2n) is 1.20. The van der Waals surface area contributed by atoms with E-state index in [-0.39, 0.29) is 0 Å². The van der Waals surface area contributed by atoms with Gasteiger partial charge in [-0.1, -0.05) is 0 Å². The summed E-state index contributed by atoms with van der Waals surface area (Å²) < 4.78 is 0. The van der Waals surface area contributed by atoms with Crippen molar-refractivity contribution in [3.05, 3.63) is 0 Å². The lowest BCUT2D eigenvalue weighted by atomic mass is 10.4. The van der Waals surface area contributed by atoms with Crippen LogP contribution in [0.25, 0.3) is 0 Å². The average Bonchev–Trinajstić information content (AvgIpc) is 1.83. The van der Waals surface area contributed by atoms with Gasteiger partial charge >= 0.3 is 0 Å². The van der Waals surface area contributed by atoms with E-state index in [4.69, 9.17) is 11.6 Å². The Morgan fingerprint density at radius 2 is 2.38 bits per heavy atom. The molecule has 0 spiro atoms. The third-order valence-electron chi connectivity index (χ3n) is 0.720. The first-order chi connectivity index (χ1) is 3.85. The smallest absolute Gasteiger partial charge is 0.0689 e. The van der Waals surface area contributed by atoms with Crippen LogP contribution in [0.3, 0.4) is 0 Å². The summed E-state index contributed by atoms with van der Waals surface area (Å²) in [4.78, 5) is 3.76. The fraction of sp³-hybridized carbons (Fsp3) is 0.500. The first kappa shape index (κ1) is 7.10. The van der Waals surface area contributed by atoms with Crippen LogP contribution >= 0.6 is 0 Å². The van der Waals surface area contributed by atoms with E-state index in [2.05, 4.69) is 10.1 Å². The van der Waals surface area contributed by atoms with Gasteiger partial charge in [-0.2, -0.15) is 5.10 Å². The molecule has 0 saturated carbocycles. The van der Waals surface area contributed by atoms with Gasteiger partial charge in [0.25, 0.3) is 0 Å². The highest BCUT2D eigenvalue weighted by atomic mass is 15.1. The first-order valence-electron chi connectivity index (χ1n) is 2.24. The maximum Gasteiger partial charge on any atom is 0.0689 e. The minimum atomic E-state index is 0.386. The maximum absolute atomic E-state index is 5.19.